The van der Waals surface area contributed by atoms with Crippen LogP contribution in [0, 0.1) is 0 Å². The maximum Gasteiger partial charge on any atom is 0.254 e. The lowest BCUT2D eigenvalue weighted by atomic mass is 10.1. The zero-order valence-electron chi connectivity index (χ0n) is 17.3. The molecular weight excluding hydrogens is 410 g/mol. The lowest BCUT2D eigenvalue weighted by molar-refractivity contribution is -0.114. The smallest absolute Gasteiger partial charge is 0.254 e. The molecule has 2 amide bonds. The number of nitrogens with two attached hydrogens (primary N) is 1. The van der Waals surface area contributed by atoms with Gasteiger partial charge < -0.3 is 21.3 Å². The number of anilines is 2. The van der Waals surface area contributed by atoms with Gasteiger partial charge in [-0.05, 0) is 36.4 Å². The van der Waals surface area contributed by atoms with Gasteiger partial charge in [-0.15, -0.1) is 11.8 Å². The monoisotopic (exact) mass is 435 g/mol. The van der Waals surface area contributed by atoms with Gasteiger partial charge in [0.1, 0.15) is 0 Å². The Morgan fingerprint density at radius 2 is 1.90 bits per heavy atom. The Kier molecular flexibility index (Phi) is 7.50. The van der Waals surface area contributed by atoms with Gasteiger partial charge in [0.25, 0.3) is 5.91 Å². The Morgan fingerprint density at radius 1 is 1.13 bits per heavy atom. The summed E-state index contributed by atoms with van der Waals surface area (Å²) < 4.78 is 0. The van der Waals surface area contributed by atoms with Gasteiger partial charge in [0.15, 0.2) is 5.96 Å². The van der Waals surface area contributed by atoms with Gasteiger partial charge in [-0.1, -0.05) is 30.9 Å². The first-order valence-corrected chi connectivity index (χ1v) is 10.9. The zero-order chi connectivity index (χ0) is 22.2. The van der Waals surface area contributed by atoms with Crippen LogP contribution in [0.15, 0.2) is 72.3 Å². The molecule has 1 aliphatic rings. The van der Waals surface area contributed by atoms with Crippen LogP contribution in [0.2, 0.25) is 0 Å². The van der Waals surface area contributed by atoms with Crippen molar-refractivity contribution >= 4 is 46.6 Å². The molecule has 0 aromatic heterocycles. The molecule has 0 bridgehead atoms. The van der Waals surface area contributed by atoms with Crippen LogP contribution < -0.4 is 16.4 Å². The number of hydrogen-bond acceptors (Lipinski definition) is 4. The molecule has 3 rings (SSSR count). The van der Waals surface area contributed by atoms with Crippen LogP contribution in [0.5, 0.6) is 0 Å². The van der Waals surface area contributed by atoms with Crippen molar-refractivity contribution in [3.8, 4) is 0 Å². The third kappa shape index (κ3) is 6.23. The Hall–Kier alpha value is -3.52. The van der Waals surface area contributed by atoms with Crippen LogP contribution in [-0.2, 0) is 4.79 Å². The van der Waals surface area contributed by atoms with E-state index in [2.05, 4.69) is 22.2 Å². The van der Waals surface area contributed by atoms with E-state index < -0.39 is 0 Å². The topological polar surface area (TPSA) is 99.8 Å². The standard InChI is InChI=1S/C23H25N5O2S/c1-3-5-21(17-8-10-19(11-9-17)25-16(2)29)27-23(24)26-20-7-4-6-18(14-20)22(30)28-12-13-31-15-28/h3-11,14H,1,12-13,15H2,2H3,(H,25,29)(H3,24,26,27)/b21-5-. The van der Waals surface area contributed by atoms with Crippen molar-refractivity contribution < 1.29 is 9.59 Å². The number of allylic oxidation sites excluding steroid dienone is 2. The summed E-state index contributed by atoms with van der Waals surface area (Å²) in [5.74, 6) is 1.74. The van der Waals surface area contributed by atoms with E-state index in [0.29, 0.717) is 22.6 Å². The van der Waals surface area contributed by atoms with Crippen LogP contribution in [0.1, 0.15) is 22.8 Å². The Labute approximate surface area is 186 Å². The summed E-state index contributed by atoms with van der Waals surface area (Å²) in [5.41, 5.74) is 9.53. The van der Waals surface area contributed by atoms with E-state index in [1.165, 1.54) is 6.92 Å². The number of carbonyl (C=O) groups is 2. The van der Waals surface area contributed by atoms with E-state index >= 15 is 0 Å². The minimum atomic E-state index is -0.134. The van der Waals surface area contributed by atoms with Crippen molar-refractivity contribution in [2.24, 2.45) is 10.7 Å². The number of nitrogens with one attached hydrogen (secondary N) is 2. The molecule has 7 nitrogen and oxygen atoms in total. The average Bonchev–Trinajstić information content (AvgIpc) is 3.28. The van der Waals surface area contributed by atoms with Crippen LogP contribution in [0.25, 0.3) is 5.70 Å². The highest BCUT2D eigenvalue weighted by atomic mass is 32.2. The van der Waals surface area contributed by atoms with E-state index in [1.807, 2.05) is 29.2 Å². The second kappa shape index (κ2) is 10.5. The lowest BCUT2D eigenvalue weighted by Crippen LogP contribution is -2.28. The second-order valence-electron chi connectivity index (χ2n) is 6.85. The summed E-state index contributed by atoms with van der Waals surface area (Å²) in [7, 11) is 0. The molecule has 0 spiro atoms. The van der Waals surface area contributed by atoms with Gasteiger partial charge in [0.2, 0.25) is 5.91 Å². The first kappa shape index (κ1) is 22.2. The van der Waals surface area contributed by atoms with E-state index in [1.54, 1.807) is 48.2 Å². The van der Waals surface area contributed by atoms with Gasteiger partial charge >= 0.3 is 0 Å². The van der Waals surface area contributed by atoms with Gasteiger partial charge in [-0.3, -0.25) is 9.59 Å². The quantitative estimate of drug-likeness (QED) is 0.365. The van der Waals surface area contributed by atoms with Crippen molar-refractivity contribution in [3.05, 3.63) is 78.4 Å². The number of hydrogen-bond donors (Lipinski definition) is 3. The molecule has 4 N–H and O–H groups in total. The largest absolute Gasteiger partial charge is 0.369 e. The fourth-order valence-electron chi connectivity index (χ4n) is 3.03. The first-order valence-electron chi connectivity index (χ1n) is 9.75. The molecule has 0 unspecified atom stereocenters. The fraction of sp³-hybridized carbons (Fsp3) is 0.174. The highest BCUT2D eigenvalue weighted by molar-refractivity contribution is 7.99. The molecular formula is C23H25N5O2S. The lowest BCUT2D eigenvalue weighted by Gasteiger charge is -2.15. The van der Waals surface area contributed by atoms with Crippen molar-refractivity contribution in [2.75, 3.05) is 28.8 Å². The highest BCUT2D eigenvalue weighted by Gasteiger charge is 2.19. The van der Waals surface area contributed by atoms with Crippen LogP contribution in [0.4, 0.5) is 11.4 Å². The van der Waals surface area contributed by atoms with Crippen LogP contribution in [-0.4, -0.2) is 40.8 Å². The predicted octanol–water partition coefficient (Wildman–Crippen LogP) is 3.75. The van der Waals surface area contributed by atoms with Gasteiger partial charge in [-0.2, -0.15) is 0 Å². The van der Waals surface area contributed by atoms with E-state index in [4.69, 9.17) is 5.73 Å². The number of benzene rings is 2. The molecule has 8 heteroatoms. The van der Waals surface area contributed by atoms with Gasteiger partial charge in [0, 0.05) is 41.7 Å². The van der Waals surface area contributed by atoms with E-state index in [0.717, 1.165) is 23.7 Å². The molecule has 1 aliphatic heterocycles. The average molecular weight is 436 g/mol. The SMILES string of the molecule is C=C/C=C(\N=C(N)Nc1cccc(C(=O)N2CCSC2)c1)c1ccc(NC(C)=O)cc1. The zero-order valence-corrected chi connectivity index (χ0v) is 18.1. The van der Waals surface area contributed by atoms with Crippen molar-refractivity contribution in [2.45, 2.75) is 6.92 Å². The van der Waals surface area contributed by atoms with Crippen LogP contribution in [0.3, 0.4) is 0 Å². The summed E-state index contributed by atoms with van der Waals surface area (Å²) in [6.45, 7) is 5.96. The number of rotatable bonds is 6. The number of guanidine groups is 1. The molecule has 160 valence electrons. The van der Waals surface area contributed by atoms with Crippen LogP contribution >= 0.6 is 11.8 Å². The molecule has 2 aromatic carbocycles. The van der Waals surface area contributed by atoms with Crippen molar-refractivity contribution in [1.29, 1.82) is 0 Å². The maximum absolute atomic E-state index is 12.6. The number of aliphatic imine (C=N–C) groups is 1. The maximum atomic E-state index is 12.6. The summed E-state index contributed by atoms with van der Waals surface area (Å²) in [4.78, 5) is 30.1. The van der Waals surface area contributed by atoms with E-state index in [9.17, 15) is 9.59 Å². The van der Waals surface area contributed by atoms with Gasteiger partial charge in [0.05, 0.1) is 11.6 Å². The Bertz CT molecular complexity index is 1020. The minimum absolute atomic E-state index is 0.00987. The fourth-order valence-corrected chi connectivity index (χ4v) is 3.97. The third-order valence-corrected chi connectivity index (χ3v) is 5.40. The second-order valence-corrected chi connectivity index (χ2v) is 7.93. The van der Waals surface area contributed by atoms with Crippen molar-refractivity contribution in [1.82, 2.24) is 4.90 Å². The van der Waals surface area contributed by atoms with Gasteiger partial charge in [-0.25, -0.2) is 4.99 Å². The number of nitrogens with zero attached hydrogens (tertiary/aromatic N) is 2. The molecule has 1 fully saturated rings. The molecule has 31 heavy (non-hydrogen) atoms. The number of thioether (sulfide) groups is 1. The molecule has 1 heterocycles. The highest BCUT2D eigenvalue weighted by Crippen LogP contribution is 2.21. The van der Waals surface area contributed by atoms with Crippen molar-refractivity contribution in [3.63, 3.8) is 0 Å². The molecule has 0 atom stereocenters. The van der Waals surface area contributed by atoms with E-state index in [-0.39, 0.29) is 17.8 Å². The first-order chi connectivity index (χ1) is 15.0. The Morgan fingerprint density at radius 3 is 2.55 bits per heavy atom. The summed E-state index contributed by atoms with van der Waals surface area (Å²) in [5, 5.41) is 5.77. The summed E-state index contributed by atoms with van der Waals surface area (Å²) in [6, 6.07) is 14.5. The molecule has 1 saturated heterocycles. The minimum Gasteiger partial charge on any atom is -0.369 e. The Balaban J connectivity index is 1.75. The number of amides is 2. The molecule has 2 aromatic rings. The third-order valence-electron chi connectivity index (χ3n) is 4.44. The summed E-state index contributed by atoms with van der Waals surface area (Å²) >= 11 is 1.75. The predicted molar refractivity (Wildman–Crippen MR) is 129 cm³/mol. The summed E-state index contributed by atoms with van der Waals surface area (Å²) in [6.07, 6.45) is 3.37. The molecule has 0 radical (unpaired) electrons. The normalized spacial score (nSPS) is 14.3. The molecule has 0 aliphatic carbocycles. The molecule has 0 saturated carbocycles. The number of carbonyl (C=O) groups excluding carboxylic acids is 2.